The summed E-state index contributed by atoms with van der Waals surface area (Å²) in [6, 6.07) is 9.66. The van der Waals surface area contributed by atoms with Gasteiger partial charge in [0, 0.05) is 30.5 Å². The number of carbonyl (C=O) groups is 1. The Kier molecular flexibility index (Phi) is 4.29. The number of aryl methyl sites for hydroxylation is 1. The first-order valence-corrected chi connectivity index (χ1v) is 8.15. The van der Waals surface area contributed by atoms with Crippen LogP contribution in [0.1, 0.15) is 23.6 Å². The molecule has 1 aromatic carbocycles. The second-order valence-electron chi connectivity index (χ2n) is 5.33. The minimum absolute atomic E-state index is 0.0455. The van der Waals surface area contributed by atoms with Gasteiger partial charge in [-0.1, -0.05) is 42.1 Å². The molecule has 0 saturated heterocycles. The summed E-state index contributed by atoms with van der Waals surface area (Å²) in [7, 11) is 0. The summed E-state index contributed by atoms with van der Waals surface area (Å²) in [5.74, 6) is 0.667. The molecule has 0 saturated carbocycles. The second-order valence-corrected chi connectivity index (χ2v) is 6.32. The van der Waals surface area contributed by atoms with Crippen LogP contribution in [-0.2, 0) is 11.3 Å². The third kappa shape index (κ3) is 3.06. The Hall–Kier alpha value is -2.08. The predicted octanol–water partition coefficient (Wildman–Crippen LogP) is 1.91. The van der Waals surface area contributed by atoms with Gasteiger partial charge in [0.2, 0.25) is 5.91 Å². The van der Waals surface area contributed by atoms with Gasteiger partial charge < -0.3 is 5.32 Å². The molecule has 0 radical (unpaired) electrons. The fourth-order valence-corrected chi connectivity index (χ4v) is 3.56. The number of hydrogen-bond acceptors (Lipinski definition) is 4. The highest BCUT2D eigenvalue weighted by Crippen LogP contribution is 2.31. The van der Waals surface area contributed by atoms with Crippen molar-refractivity contribution in [3.63, 3.8) is 0 Å². The number of aromatic nitrogens is 2. The summed E-state index contributed by atoms with van der Waals surface area (Å²) >= 11 is 1.53. The Morgan fingerprint density at radius 3 is 2.95 bits per heavy atom. The van der Waals surface area contributed by atoms with Gasteiger partial charge in [0.1, 0.15) is 0 Å². The molecule has 1 atom stereocenters. The lowest BCUT2D eigenvalue weighted by molar-refractivity contribution is -0.121. The lowest BCUT2D eigenvalue weighted by atomic mass is 10.2. The summed E-state index contributed by atoms with van der Waals surface area (Å²) in [6.45, 7) is 2.26. The van der Waals surface area contributed by atoms with Crippen LogP contribution in [0.2, 0.25) is 0 Å². The Morgan fingerprint density at radius 1 is 1.41 bits per heavy atom. The number of nitrogens with zero attached hydrogens (tertiary/aromatic N) is 2. The molecule has 2 aromatic rings. The van der Waals surface area contributed by atoms with Crippen molar-refractivity contribution in [2.75, 3.05) is 5.75 Å². The monoisotopic (exact) mass is 315 g/mol. The van der Waals surface area contributed by atoms with E-state index in [0.717, 1.165) is 5.56 Å². The Labute approximate surface area is 132 Å². The van der Waals surface area contributed by atoms with Crippen molar-refractivity contribution in [3.8, 4) is 0 Å². The van der Waals surface area contributed by atoms with Crippen LogP contribution >= 0.6 is 11.8 Å². The lowest BCUT2D eigenvalue weighted by Crippen LogP contribution is -2.31. The maximum atomic E-state index is 12.2. The van der Waals surface area contributed by atoms with Crippen molar-refractivity contribution in [1.82, 2.24) is 14.9 Å². The van der Waals surface area contributed by atoms with Crippen LogP contribution in [0.5, 0.6) is 0 Å². The van der Waals surface area contributed by atoms with Gasteiger partial charge in [0.15, 0.2) is 5.16 Å². The Morgan fingerprint density at radius 2 is 2.18 bits per heavy atom. The molecular weight excluding hydrogens is 298 g/mol. The summed E-state index contributed by atoms with van der Waals surface area (Å²) in [5, 5.41) is 3.61. The van der Waals surface area contributed by atoms with Crippen LogP contribution in [0.4, 0.5) is 0 Å². The normalized spacial score (nSPS) is 16.3. The number of benzene rings is 1. The van der Waals surface area contributed by atoms with Gasteiger partial charge in [-0.25, -0.2) is 4.98 Å². The third-order valence-electron chi connectivity index (χ3n) is 3.65. The van der Waals surface area contributed by atoms with Gasteiger partial charge >= 0.3 is 0 Å². The van der Waals surface area contributed by atoms with Crippen LogP contribution in [-0.4, -0.2) is 21.2 Å². The van der Waals surface area contributed by atoms with Gasteiger partial charge in [-0.15, -0.1) is 0 Å². The molecule has 2 heterocycles. The number of fused-ring (bicyclic) bond motifs is 1. The number of amides is 1. The standard InChI is InChI=1S/C16H17N3O2S/c1-11-8-18-16-19(15(11)21)13(10-22-16)7-14(20)17-9-12-5-3-2-4-6-12/h2-6,8,13H,7,9-10H2,1H3,(H,17,20). The Balaban J connectivity index is 1.65. The molecule has 22 heavy (non-hydrogen) atoms. The van der Waals surface area contributed by atoms with E-state index in [1.807, 2.05) is 30.3 Å². The molecule has 0 fully saturated rings. The van der Waals surface area contributed by atoms with Crippen molar-refractivity contribution in [1.29, 1.82) is 0 Å². The molecule has 0 aliphatic carbocycles. The molecule has 0 bridgehead atoms. The van der Waals surface area contributed by atoms with Crippen LogP contribution < -0.4 is 10.9 Å². The number of nitrogens with one attached hydrogen (secondary N) is 1. The first-order valence-electron chi connectivity index (χ1n) is 7.16. The molecule has 0 spiro atoms. The van der Waals surface area contributed by atoms with Gasteiger partial charge in [0.05, 0.1) is 6.04 Å². The fourth-order valence-electron chi connectivity index (χ4n) is 2.45. The van der Waals surface area contributed by atoms with Crippen molar-refractivity contribution in [3.05, 3.63) is 58.0 Å². The van der Waals surface area contributed by atoms with E-state index < -0.39 is 0 Å². The average molecular weight is 315 g/mol. The largest absolute Gasteiger partial charge is 0.352 e. The minimum atomic E-state index is -0.115. The molecular formula is C16H17N3O2S. The maximum Gasteiger partial charge on any atom is 0.257 e. The van der Waals surface area contributed by atoms with Crippen molar-refractivity contribution in [2.24, 2.45) is 0 Å². The number of rotatable bonds is 4. The summed E-state index contributed by atoms with van der Waals surface area (Å²) in [6.07, 6.45) is 1.90. The Bertz CT molecular complexity index is 743. The van der Waals surface area contributed by atoms with Crippen molar-refractivity contribution < 1.29 is 4.79 Å². The second kappa shape index (κ2) is 6.36. The lowest BCUT2D eigenvalue weighted by Gasteiger charge is -2.13. The smallest absolute Gasteiger partial charge is 0.257 e. The van der Waals surface area contributed by atoms with E-state index in [1.54, 1.807) is 17.7 Å². The average Bonchev–Trinajstić information content (AvgIpc) is 2.93. The van der Waals surface area contributed by atoms with E-state index in [1.165, 1.54) is 11.8 Å². The number of hydrogen-bond donors (Lipinski definition) is 1. The zero-order valence-electron chi connectivity index (χ0n) is 12.3. The molecule has 3 rings (SSSR count). The molecule has 1 aliphatic heterocycles. The first-order chi connectivity index (χ1) is 10.6. The van der Waals surface area contributed by atoms with Gasteiger partial charge in [-0.2, -0.15) is 0 Å². The molecule has 1 unspecified atom stereocenters. The van der Waals surface area contributed by atoms with E-state index >= 15 is 0 Å². The summed E-state index contributed by atoms with van der Waals surface area (Å²) < 4.78 is 1.65. The molecule has 1 N–H and O–H groups in total. The van der Waals surface area contributed by atoms with E-state index in [0.29, 0.717) is 29.4 Å². The highest BCUT2D eigenvalue weighted by atomic mass is 32.2. The SMILES string of the molecule is Cc1cnc2n(c1=O)C(CC(=O)NCc1ccccc1)CS2. The zero-order chi connectivity index (χ0) is 15.5. The first kappa shape index (κ1) is 14.8. The topological polar surface area (TPSA) is 64.0 Å². The molecule has 5 nitrogen and oxygen atoms in total. The molecule has 1 aromatic heterocycles. The minimum Gasteiger partial charge on any atom is -0.352 e. The van der Waals surface area contributed by atoms with Crippen LogP contribution in [0, 0.1) is 6.92 Å². The maximum absolute atomic E-state index is 12.2. The highest BCUT2D eigenvalue weighted by molar-refractivity contribution is 7.99. The fraction of sp³-hybridized carbons (Fsp3) is 0.312. The predicted molar refractivity (Wildman–Crippen MR) is 85.9 cm³/mol. The molecule has 114 valence electrons. The number of carbonyl (C=O) groups excluding carboxylic acids is 1. The zero-order valence-corrected chi connectivity index (χ0v) is 13.1. The molecule has 6 heteroatoms. The molecule has 1 aliphatic rings. The van der Waals surface area contributed by atoms with E-state index in [9.17, 15) is 9.59 Å². The van der Waals surface area contributed by atoms with E-state index in [-0.39, 0.29) is 17.5 Å². The van der Waals surface area contributed by atoms with Gasteiger partial charge in [0.25, 0.3) is 5.56 Å². The van der Waals surface area contributed by atoms with Gasteiger partial charge in [-0.3, -0.25) is 14.2 Å². The quantitative estimate of drug-likeness (QED) is 0.875. The van der Waals surface area contributed by atoms with Crippen LogP contribution in [0.15, 0.2) is 46.5 Å². The van der Waals surface area contributed by atoms with Crippen LogP contribution in [0.25, 0.3) is 0 Å². The van der Waals surface area contributed by atoms with Crippen molar-refractivity contribution in [2.45, 2.75) is 31.1 Å². The summed E-state index contributed by atoms with van der Waals surface area (Å²) in [4.78, 5) is 28.6. The highest BCUT2D eigenvalue weighted by Gasteiger charge is 2.27. The van der Waals surface area contributed by atoms with Crippen LogP contribution in [0.3, 0.4) is 0 Å². The molecule has 1 amide bonds. The van der Waals surface area contributed by atoms with Crippen molar-refractivity contribution >= 4 is 17.7 Å². The number of thioether (sulfide) groups is 1. The van der Waals surface area contributed by atoms with Gasteiger partial charge in [-0.05, 0) is 12.5 Å². The van der Waals surface area contributed by atoms with E-state index in [2.05, 4.69) is 10.3 Å². The summed E-state index contributed by atoms with van der Waals surface area (Å²) in [5.41, 5.74) is 1.63. The van der Waals surface area contributed by atoms with E-state index in [4.69, 9.17) is 0 Å². The third-order valence-corrected chi connectivity index (χ3v) is 4.77.